The molecule has 2 aromatic rings. The predicted molar refractivity (Wildman–Crippen MR) is 93.2 cm³/mol. The maximum Gasteiger partial charge on any atom is 0.183 e. The monoisotopic (exact) mass is 332 g/mol. The van der Waals surface area contributed by atoms with Gasteiger partial charge in [-0.2, -0.15) is 5.26 Å². The summed E-state index contributed by atoms with van der Waals surface area (Å²) in [6.07, 6.45) is 6.95. The molecule has 0 spiro atoms. The number of rotatable bonds is 1. The zero-order valence-corrected chi connectivity index (χ0v) is 13.4. The Morgan fingerprint density at radius 1 is 1.17 bits per heavy atom. The van der Waals surface area contributed by atoms with Crippen LogP contribution in [0.15, 0.2) is 41.8 Å². The first kappa shape index (κ1) is 14.4. The summed E-state index contributed by atoms with van der Waals surface area (Å²) in [5.74, 6) is 7.77. The summed E-state index contributed by atoms with van der Waals surface area (Å²) in [5.41, 5.74) is 3.29. The highest BCUT2D eigenvalue weighted by Crippen LogP contribution is 2.23. The molecule has 4 rings (SSSR count). The molecule has 0 saturated heterocycles. The number of hydrogen-bond acceptors (Lipinski definition) is 6. The molecular formula is C17H12N6S. The molecule has 0 radical (unpaired) electrons. The third kappa shape index (κ3) is 2.62. The first-order valence-corrected chi connectivity index (χ1v) is 8.34. The Kier molecular flexibility index (Phi) is 3.70. The van der Waals surface area contributed by atoms with E-state index in [4.69, 9.17) is 0 Å². The van der Waals surface area contributed by atoms with Crippen LogP contribution in [0.2, 0.25) is 0 Å². The average molecular weight is 332 g/mol. The van der Waals surface area contributed by atoms with E-state index >= 15 is 0 Å². The van der Waals surface area contributed by atoms with Crippen LogP contribution in [0.4, 0.5) is 5.82 Å². The van der Waals surface area contributed by atoms with Crippen molar-refractivity contribution in [2.24, 2.45) is 0 Å². The average Bonchev–Trinajstić information content (AvgIpc) is 3.29. The van der Waals surface area contributed by atoms with E-state index in [0.29, 0.717) is 18.1 Å². The van der Waals surface area contributed by atoms with Crippen LogP contribution in [0.5, 0.6) is 0 Å². The summed E-state index contributed by atoms with van der Waals surface area (Å²) in [5, 5.41) is 14.4. The molecule has 0 saturated carbocycles. The lowest BCUT2D eigenvalue weighted by Crippen LogP contribution is -2.23. The van der Waals surface area contributed by atoms with Crippen LogP contribution in [-0.2, 0) is 6.54 Å². The van der Waals surface area contributed by atoms with Gasteiger partial charge in [0.15, 0.2) is 11.5 Å². The van der Waals surface area contributed by atoms with Gasteiger partial charge in [0, 0.05) is 35.9 Å². The molecule has 0 unspecified atom stereocenters. The highest BCUT2D eigenvalue weighted by atomic mass is 32.2. The number of nitrogens with zero attached hydrogens (tertiary/aromatic N) is 5. The molecule has 2 aliphatic heterocycles. The van der Waals surface area contributed by atoms with Gasteiger partial charge in [0.05, 0.1) is 23.8 Å². The Bertz CT molecular complexity index is 953. The van der Waals surface area contributed by atoms with Gasteiger partial charge in [-0.05, 0) is 24.0 Å². The highest BCUT2D eigenvalue weighted by molar-refractivity contribution is 8.02. The molecule has 0 fully saturated rings. The Morgan fingerprint density at radius 3 is 2.92 bits per heavy atom. The lowest BCUT2D eigenvalue weighted by molar-refractivity contribution is 0.838. The van der Waals surface area contributed by atoms with Gasteiger partial charge in [-0.3, -0.25) is 0 Å². The Balaban J connectivity index is 1.61. The van der Waals surface area contributed by atoms with Crippen LogP contribution >= 0.6 is 11.8 Å². The van der Waals surface area contributed by atoms with Gasteiger partial charge in [-0.15, -0.1) is 11.8 Å². The van der Waals surface area contributed by atoms with Crippen LogP contribution in [0, 0.1) is 23.2 Å². The molecule has 0 bridgehead atoms. The van der Waals surface area contributed by atoms with Crippen LogP contribution in [0.25, 0.3) is 6.20 Å². The lowest BCUT2D eigenvalue weighted by atomic mass is 10.3. The zero-order chi connectivity index (χ0) is 16.4. The van der Waals surface area contributed by atoms with E-state index in [2.05, 4.69) is 37.8 Å². The van der Waals surface area contributed by atoms with E-state index in [1.807, 2.05) is 34.8 Å². The largest absolute Gasteiger partial charge is 0.368 e. The number of thioether (sulfide) groups is 1. The molecule has 2 aromatic heterocycles. The van der Waals surface area contributed by atoms with Gasteiger partial charge in [-0.1, -0.05) is 0 Å². The summed E-state index contributed by atoms with van der Waals surface area (Å²) in [6.45, 7) is 0.613. The summed E-state index contributed by atoms with van der Waals surface area (Å²) in [6, 6.07) is 6.12. The van der Waals surface area contributed by atoms with Gasteiger partial charge >= 0.3 is 0 Å². The van der Waals surface area contributed by atoms with Crippen molar-refractivity contribution in [3.8, 4) is 17.9 Å². The van der Waals surface area contributed by atoms with Crippen molar-refractivity contribution in [3.63, 3.8) is 0 Å². The molecule has 4 heterocycles. The van der Waals surface area contributed by atoms with Gasteiger partial charge < -0.3 is 14.8 Å². The van der Waals surface area contributed by atoms with Gasteiger partial charge in [0.2, 0.25) is 0 Å². The van der Waals surface area contributed by atoms with Crippen molar-refractivity contribution >= 4 is 23.8 Å². The molecule has 0 atom stereocenters. The molecule has 0 aromatic carbocycles. The van der Waals surface area contributed by atoms with Crippen LogP contribution in [0.3, 0.4) is 0 Å². The topological polar surface area (TPSA) is 69.8 Å². The fraction of sp³-hybridized carbons (Fsp3) is 0.118. The third-order valence-corrected chi connectivity index (χ3v) is 4.37. The molecule has 24 heavy (non-hydrogen) atoms. The number of hydrogen-bond donors (Lipinski definition) is 1. The number of nitriles is 1. The minimum absolute atomic E-state index is 0.318. The van der Waals surface area contributed by atoms with Crippen molar-refractivity contribution in [3.05, 3.63) is 58.9 Å². The lowest BCUT2D eigenvalue weighted by Gasteiger charge is -2.24. The SMILES string of the molecule is N#Cc1nccnc1N1C=Cn2c(C#CC3=CSCN3)ccc2C1. The van der Waals surface area contributed by atoms with Crippen LogP contribution < -0.4 is 10.2 Å². The molecule has 6 nitrogen and oxygen atoms in total. The third-order valence-electron chi connectivity index (χ3n) is 3.66. The maximum absolute atomic E-state index is 9.18. The second-order valence-electron chi connectivity index (χ2n) is 5.12. The van der Waals surface area contributed by atoms with E-state index in [-0.39, 0.29) is 0 Å². The summed E-state index contributed by atoms with van der Waals surface area (Å²) >= 11 is 1.71. The summed E-state index contributed by atoms with van der Waals surface area (Å²) < 4.78 is 2.05. The molecule has 0 aliphatic carbocycles. The minimum Gasteiger partial charge on any atom is -0.368 e. The van der Waals surface area contributed by atoms with Gasteiger partial charge in [0.1, 0.15) is 6.07 Å². The van der Waals surface area contributed by atoms with Gasteiger partial charge in [0.25, 0.3) is 0 Å². The van der Waals surface area contributed by atoms with Crippen LogP contribution in [-0.4, -0.2) is 20.4 Å². The number of anilines is 1. The number of aromatic nitrogens is 3. The molecule has 1 N–H and O–H groups in total. The van der Waals surface area contributed by atoms with E-state index in [1.54, 1.807) is 18.0 Å². The fourth-order valence-electron chi connectivity index (χ4n) is 2.53. The second-order valence-corrected chi connectivity index (χ2v) is 5.97. The number of fused-ring (bicyclic) bond motifs is 1. The predicted octanol–water partition coefficient (Wildman–Crippen LogP) is 2.08. The van der Waals surface area contributed by atoms with Crippen LogP contribution in [0.1, 0.15) is 17.1 Å². The Morgan fingerprint density at radius 2 is 2.08 bits per heavy atom. The summed E-state index contributed by atoms with van der Waals surface area (Å²) in [4.78, 5) is 10.3. The first-order valence-electron chi connectivity index (χ1n) is 7.29. The molecular weight excluding hydrogens is 320 g/mol. The molecule has 2 aliphatic rings. The van der Waals surface area contributed by atoms with E-state index < -0.39 is 0 Å². The second kappa shape index (κ2) is 6.15. The van der Waals surface area contributed by atoms with Crippen molar-refractivity contribution in [2.75, 3.05) is 10.8 Å². The first-order chi connectivity index (χ1) is 11.8. The van der Waals surface area contributed by atoms with Gasteiger partial charge in [-0.25, -0.2) is 9.97 Å². The van der Waals surface area contributed by atoms with Crippen molar-refractivity contribution in [1.29, 1.82) is 5.26 Å². The van der Waals surface area contributed by atoms with Crippen molar-refractivity contribution in [2.45, 2.75) is 6.54 Å². The Hall–Kier alpha value is -3.16. The Labute approximate surface area is 143 Å². The maximum atomic E-state index is 9.18. The van der Waals surface area contributed by atoms with Crippen molar-refractivity contribution in [1.82, 2.24) is 19.9 Å². The van der Waals surface area contributed by atoms with E-state index in [0.717, 1.165) is 23.0 Å². The number of nitrogens with one attached hydrogen (secondary N) is 1. The quantitative estimate of drug-likeness (QED) is 0.807. The standard InChI is InChI=1S/C17H12N6S/c18-9-16-17(20-6-5-19-16)22-7-8-23-14(3-4-15(23)10-22)2-1-13-11-24-12-21-13/h3-8,11,21H,10,12H2. The summed E-state index contributed by atoms with van der Waals surface area (Å²) in [7, 11) is 0. The number of allylic oxidation sites excluding steroid dienone is 1. The molecule has 0 amide bonds. The van der Waals surface area contributed by atoms with E-state index in [9.17, 15) is 5.26 Å². The minimum atomic E-state index is 0.318. The normalized spacial score (nSPS) is 15.0. The fourth-order valence-corrected chi connectivity index (χ4v) is 3.16. The zero-order valence-electron chi connectivity index (χ0n) is 12.6. The molecule has 7 heteroatoms. The van der Waals surface area contributed by atoms with Crippen molar-refractivity contribution < 1.29 is 0 Å². The van der Waals surface area contributed by atoms with E-state index in [1.165, 1.54) is 6.20 Å². The smallest absolute Gasteiger partial charge is 0.183 e. The molecule has 116 valence electrons. The highest BCUT2D eigenvalue weighted by Gasteiger charge is 2.18.